The number of aliphatic carboxylic acids is 1. The second-order valence-electron chi connectivity index (χ2n) is 6.09. The highest BCUT2D eigenvalue weighted by molar-refractivity contribution is 5.96. The Labute approximate surface area is 135 Å². The zero-order valence-electron chi connectivity index (χ0n) is 13.2. The summed E-state index contributed by atoms with van der Waals surface area (Å²) in [6.07, 6.45) is 0. The molecule has 0 spiro atoms. The van der Waals surface area contributed by atoms with Crippen molar-refractivity contribution in [2.75, 3.05) is 6.54 Å². The molecule has 0 aromatic heterocycles. The molecule has 23 heavy (non-hydrogen) atoms. The topological polar surface area (TPSA) is 57.6 Å². The van der Waals surface area contributed by atoms with Crippen molar-refractivity contribution < 1.29 is 14.7 Å². The summed E-state index contributed by atoms with van der Waals surface area (Å²) in [5.74, 6) is -1.67. The second-order valence-corrected chi connectivity index (χ2v) is 6.09. The van der Waals surface area contributed by atoms with Crippen molar-refractivity contribution in [1.29, 1.82) is 0 Å². The van der Waals surface area contributed by atoms with Crippen molar-refractivity contribution in [1.82, 2.24) is 4.90 Å². The smallest absolute Gasteiger partial charge is 0.312 e. The molecule has 0 fully saturated rings. The fourth-order valence-corrected chi connectivity index (χ4v) is 3.11. The van der Waals surface area contributed by atoms with Gasteiger partial charge in [0.25, 0.3) is 5.91 Å². The summed E-state index contributed by atoms with van der Waals surface area (Å²) >= 11 is 0. The summed E-state index contributed by atoms with van der Waals surface area (Å²) in [5, 5.41) is 9.52. The maximum Gasteiger partial charge on any atom is 0.312 e. The van der Waals surface area contributed by atoms with E-state index in [0.29, 0.717) is 12.1 Å². The summed E-state index contributed by atoms with van der Waals surface area (Å²) in [6, 6.07) is 13.2. The Morgan fingerprint density at radius 3 is 2.61 bits per heavy atom. The molecule has 0 saturated heterocycles. The van der Waals surface area contributed by atoms with Crippen LogP contribution >= 0.6 is 0 Å². The zero-order chi connectivity index (χ0) is 16.6. The fourth-order valence-electron chi connectivity index (χ4n) is 3.11. The van der Waals surface area contributed by atoms with E-state index in [0.717, 1.165) is 22.3 Å². The Hall–Kier alpha value is -2.62. The number of fused-ring (bicyclic) bond motifs is 1. The van der Waals surface area contributed by atoms with Crippen LogP contribution in [0.15, 0.2) is 42.5 Å². The first-order chi connectivity index (χ1) is 11.0. The molecule has 1 atom stereocenters. The molecule has 0 bridgehead atoms. The molecule has 3 rings (SSSR count). The van der Waals surface area contributed by atoms with Crippen LogP contribution in [0, 0.1) is 13.8 Å². The minimum Gasteiger partial charge on any atom is -0.481 e. The number of carboxylic acid groups (broad SMARTS) is 1. The maximum atomic E-state index is 12.9. The SMILES string of the molecule is Cc1ccc(C)c(C(=O)N2Cc3ccccc3C(C(=O)O)C2)c1. The number of benzene rings is 2. The third kappa shape index (κ3) is 2.84. The molecule has 1 N–H and O–H groups in total. The highest BCUT2D eigenvalue weighted by atomic mass is 16.4. The largest absolute Gasteiger partial charge is 0.481 e. The molecule has 118 valence electrons. The van der Waals surface area contributed by atoms with Crippen LogP contribution in [0.3, 0.4) is 0 Å². The van der Waals surface area contributed by atoms with E-state index in [2.05, 4.69) is 0 Å². The Morgan fingerprint density at radius 2 is 1.87 bits per heavy atom. The minimum atomic E-state index is -0.893. The van der Waals surface area contributed by atoms with Crippen molar-refractivity contribution in [3.8, 4) is 0 Å². The Morgan fingerprint density at radius 1 is 1.13 bits per heavy atom. The van der Waals surface area contributed by atoms with Gasteiger partial charge in [-0.3, -0.25) is 9.59 Å². The van der Waals surface area contributed by atoms with Crippen LogP contribution in [0.5, 0.6) is 0 Å². The van der Waals surface area contributed by atoms with Crippen LogP contribution in [-0.4, -0.2) is 28.4 Å². The van der Waals surface area contributed by atoms with Crippen molar-refractivity contribution in [3.05, 3.63) is 70.3 Å². The van der Waals surface area contributed by atoms with Gasteiger partial charge < -0.3 is 10.0 Å². The van der Waals surface area contributed by atoms with Crippen LogP contribution in [0.25, 0.3) is 0 Å². The molecule has 2 aromatic rings. The van der Waals surface area contributed by atoms with Crippen molar-refractivity contribution in [2.24, 2.45) is 0 Å². The van der Waals surface area contributed by atoms with Crippen LogP contribution in [0.2, 0.25) is 0 Å². The Kier molecular flexibility index (Phi) is 3.90. The van der Waals surface area contributed by atoms with E-state index >= 15 is 0 Å². The summed E-state index contributed by atoms with van der Waals surface area (Å²) in [4.78, 5) is 26.1. The van der Waals surface area contributed by atoms with Gasteiger partial charge in [0.2, 0.25) is 0 Å². The molecule has 1 heterocycles. The third-order valence-corrected chi connectivity index (χ3v) is 4.40. The maximum absolute atomic E-state index is 12.9. The first kappa shape index (κ1) is 15.3. The molecule has 4 heteroatoms. The Bertz CT molecular complexity index is 782. The van der Waals surface area contributed by atoms with E-state index in [1.165, 1.54) is 0 Å². The highest BCUT2D eigenvalue weighted by Crippen LogP contribution is 2.29. The van der Waals surface area contributed by atoms with Gasteiger partial charge in [-0.05, 0) is 36.6 Å². The average molecular weight is 309 g/mol. The number of carbonyl (C=O) groups is 2. The molecule has 0 aliphatic carbocycles. The lowest BCUT2D eigenvalue weighted by atomic mass is 9.89. The van der Waals surface area contributed by atoms with Gasteiger partial charge >= 0.3 is 5.97 Å². The van der Waals surface area contributed by atoms with Gasteiger partial charge in [0.05, 0.1) is 5.92 Å². The minimum absolute atomic E-state index is 0.105. The predicted octanol–water partition coefficient (Wildman–Crippen LogP) is 3.13. The van der Waals surface area contributed by atoms with E-state index in [4.69, 9.17) is 0 Å². The molecule has 1 aliphatic heterocycles. The van der Waals surface area contributed by atoms with Crippen LogP contribution in [0.4, 0.5) is 0 Å². The number of hydrogen-bond donors (Lipinski definition) is 1. The first-order valence-electron chi connectivity index (χ1n) is 7.64. The van der Waals surface area contributed by atoms with E-state index in [-0.39, 0.29) is 12.5 Å². The number of carbonyl (C=O) groups excluding carboxylic acids is 1. The van der Waals surface area contributed by atoms with Crippen molar-refractivity contribution in [2.45, 2.75) is 26.3 Å². The van der Waals surface area contributed by atoms with Crippen molar-refractivity contribution >= 4 is 11.9 Å². The lowest BCUT2D eigenvalue weighted by Gasteiger charge is -2.33. The lowest BCUT2D eigenvalue weighted by Crippen LogP contribution is -2.40. The summed E-state index contributed by atoms with van der Waals surface area (Å²) in [5.41, 5.74) is 4.29. The zero-order valence-corrected chi connectivity index (χ0v) is 13.2. The number of amides is 1. The van der Waals surface area contributed by atoms with Gasteiger partial charge in [-0.25, -0.2) is 0 Å². The average Bonchev–Trinajstić information content (AvgIpc) is 2.55. The van der Waals surface area contributed by atoms with Gasteiger partial charge in [0, 0.05) is 18.7 Å². The standard InChI is InChI=1S/C19H19NO3/c1-12-7-8-13(2)16(9-12)18(21)20-10-14-5-3-4-6-15(14)17(11-20)19(22)23/h3-9,17H,10-11H2,1-2H3,(H,22,23). The van der Waals surface area contributed by atoms with Gasteiger partial charge in [-0.1, -0.05) is 42.0 Å². The third-order valence-electron chi connectivity index (χ3n) is 4.40. The molecule has 4 nitrogen and oxygen atoms in total. The molecular weight excluding hydrogens is 290 g/mol. The summed E-state index contributed by atoms with van der Waals surface area (Å²) in [7, 11) is 0. The number of aryl methyl sites for hydroxylation is 2. The number of nitrogens with zero attached hydrogens (tertiary/aromatic N) is 1. The van der Waals surface area contributed by atoms with Crippen LogP contribution in [-0.2, 0) is 11.3 Å². The van der Waals surface area contributed by atoms with E-state index < -0.39 is 11.9 Å². The van der Waals surface area contributed by atoms with Gasteiger partial charge in [0.15, 0.2) is 0 Å². The normalized spacial score (nSPS) is 16.8. The summed E-state index contributed by atoms with van der Waals surface area (Å²) < 4.78 is 0. The van der Waals surface area contributed by atoms with Crippen LogP contribution in [0.1, 0.15) is 38.5 Å². The van der Waals surface area contributed by atoms with Crippen LogP contribution < -0.4 is 0 Å². The second kappa shape index (κ2) is 5.88. The first-order valence-corrected chi connectivity index (χ1v) is 7.64. The monoisotopic (exact) mass is 309 g/mol. The lowest BCUT2D eigenvalue weighted by molar-refractivity contribution is -0.139. The molecule has 1 aliphatic rings. The van der Waals surface area contributed by atoms with Gasteiger partial charge in [-0.15, -0.1) is 0 Å². The molecule has 0 radical (unpaired) electrons. The Balaban J connectivity index is 1.97. The molecule has 1 unspecified atom stereocenters. The van der Waals surface area contributed by atoms with Gasteiger partial charge in [0.1, 0.15) is 0 Å². The molecule has 0 saturated carbocycles. The fraction of sp³-hybridized carbons (Fsp3) is 0.263. The summed E-state index contributed by atoms with van der Waals surface area (Å²) in [6.45, 7) is 4.51. The van der Waals surface area contributed by atoms with E-state index in [1.807, 2.05) is 56.3 Å². The predicted molar refractivity (Wildman–Crippen MR) is 87.5 cm³/mol. The number of hydrogen-bond acceptors (Lipinski definition) is 2. The number of carboxylic acids is 1. The van der Waals surface area contributed by atoms with E-state index in [1.54, 1.807) is 4.90 Å². The molecule has 2 aromatic carbocycles. The quantitative estimate of drug-likeness (QED) is 0.927. The molecular formula is C19H19NO3. The van der Waals surface area contributed by atoms with Gasteiger partial charge in [-0.2, -0.15) is 0 Å². The number of rotatable bonds is 2. The van der Waals surface area contributed by atoms with E-state index in [9.17, 15) is 14.7 Å². The van der Waals surface area contributed by atoms with Crippen molar-refractivity contribution in [3.63, 3.8) is 0 Å². The highest BCUT2D eigenvalue weighted by Gasteiger charge is 2.33. The molecule has 1 amide bonds.